The van der Waals surface area contributed by atoms with Gasteiger partial charge in [-0.15, -0.1) is 10.2 Å². The van der Waals surface area contributed by atoms with Crippen LogP contribution in [-0.4, -0.2) is 19.7 Å². The number of hydrogen-bond acceptors (Lipinski definition) is 5. The van der Waals surface area contributed by atoms with Crippen LogP contribution < -0.4 is 0 Å². The minimum Gasteiger partial charge on any atom is -0.444 e. The summed E-state index contributed by atoms with van der Waals surface area (Å²) < 4.78 is 7.92. The van der Waals surface area contributed by atoms with Crippen LogP contribution in [0.3, 0.4) is 0 Å². The predicted molar refractivity (Wildman–Crippen MR) is 93.9 cm³/mol. The van der Waals surface area contributed by atoms with Crippen molar-refractivity contribution < 1.29 is 4.42 Å². The van der Waals surface area contributed by atoms with Crippen LogP contribution in [0.25, 0.3) is 11.5 Å². The summed E-state index contributed by atoms with van der Waals surface area (Å²) in [6.07, 6.45) is 4.19. The van der Waals surface area contributed by atoms with Gasteiger partial charge in [0.2, 0.25) is 5.89 Å². The van der Waals surface area contributed by atoms with E-state index in [-0.39, 0.29) is 0 Å². The fourth-order valence-corrected chi connectivity index (χ4v) is 3.57. The highest BCUT2D eigenvalue weighted by atomic mass is 32.2. The average Bonchev–Trinajstić information content (AvgIpc) is 3.17. The molecule has 5 nitrogen and oxygen atoms in total. The zero-order valence-electron chi connectivity index (χ0n) is 13.8. The van der Waals surface area contributed by atoms with Crippen LogP contribution in [0.15, 0.2) is 46.2 Å². The Balaban J connectivity index is 1.49. The lowest BCUT2D eigenvalue weighted by molar-refractivity contribution is 0.573. The monoisotopic (exact) mass is 340 g/mol. The molecule has 2 aromatic heterocycles. The maximum Gasteiger partial charge on any atom is 0.226 e. The van der Waals surface area contributed by atoms with Crippen molar-refractivity contribution in [3.05, 3.63) is 48.1 Å². The smallest absolute Gasteiger partial charge is 0.226 e. The third-order valence-corrected chi connectivity index (χ3v) is 5.02. The van der Waals surface area contributed by atoms with Gasteiger partial charge in [-0.05, 0) is 25.0 Å². The number of hydrogen-bond donors (Lipinski definition) is 0. The molecule has 0 aliphatic heterocycles. The second-order valence-corrected chi connectivity index (χ2v) is 7.34. The molecule has 0 unspecified atom stereocenters. The van der Waals surface area contributed by atoms with Gasteiger partial charge >= 0.3 is 0 Å². The molecule has 2 heterocycles. The first-order chi connectivity index (χ1) is 11.7. The van der Waals surface area contributed by atoms with Gasteiger partial charge in [0, 0.05) is 23.3 Å². The molecule has 0 saturated heterocycles. The molecule has 1 fully saturated rings. The molecule has 0 N–H and O–H groups in total. The molecule has 0 radical (unpaired) electrons. The number of rotatable bonds is 6. The van der Waals surface area contributed by atoms with Crippen molar-refractivity contribution in [1.29, 1.82) is 0 Å². The SMILES string of the molecule is CC(C)c1nnc(SCc2coc(-c3ccccc3)n2)n1C1CC1. The first kappa shape index (κ1) is 15.4. The summed E-state index contributed by atoms with van der Waals surface area (Å²) in [5, 5.41) is 9.78. The largest absolute Gasteiger partial charge is 0.444 e. The Labute approximate surface area is 145 Å². The highest BCUT2D eigenvalue weighted by Crippen LogP contribution is 2.40. The highest BCUT2D eigenvalue weighted by molar-refractivity contribution is 7.98. The van der Waals surface area contributed by atoms with Gasteiger partial charge in [-0.3, -0.25) is 0 Å². The van der Waals surface area contributed by atoms with E-state index in [1.54, 1.807) is 18.0 Å². The number of oxazole rings is 1. The molecule has 0 amide bonds. The quantitative estimate of drug-likeness (QED) is 0.610. The Bertz CT molecular complexity index is 821. The molecule has 124 valence electrons. The third kappa shape index (κ3) is 3.11. The van der Waals surface area contributed by atoms with Gasteiger partial charge in [-0.2, -0.15) is 0 Å². The third-order valence-electron chi connectivity index (χ3n) is 4.04. The van der Waals surface area contributed by atoms with Crippen LogP contribution >= 0.6 is 11.8 Å². The average molecular weight is 340 g/mol. The van der Waals surface area contributed by atoms with E-state index in [0.29, 0.717) is 17.9 Å². The van der Waals surface area contributed by atoms with Crippen molar-refractivity contribution in [2.75, 3.05) is 0 Å². The van der Waals surface area contributed by atoms with Crippen molar-refractivity contribution in [2.45, 2.75) is 49.6 Å². The first-order valence-corrected chi connectivity index (χ1v) is 9.28. The first-order valence-electron chi connectivity index (χ1n) is 8.30. The van der Waals surface area contributed by atoms with Crippen LogP contribution in [-0.2, 0) is 5.75 Å². The van der Waals surface area contributed by atoms with Crippen LogP contribution in [0.4, 0.5) is 0 Å². The summed E-state index contributed by atoms with van der Waals surface area (Å²) >= 11 is 1.68. The fourth-order valence-electron chi connectivity index (χ4n) is 2.68. The highest BCUT2D eigenvalue weighted by Gasteiger charge is 2.30. The van der Waals surface area contributed by atoms with Crippen LogP contribution in [0, 0.1) is 0 Å². The molecular weight excluding hydrogens is 320 g/mol. The van der Waals surface area contributed by atoms with Crippen LogP contribution in [0.2, 0.25) is 0 Å². The van der Waals surface area contributed by atoms with Crippen molar-refractivity contribution in [3.8, 4) is 11.5 Å². The van der Waals surface area contributed by atoms with E-state index in [1.165, 1.54) is 12.8 Å². The summed E-state index contributed by atoms with van der Waals surface area (Å²) in [6, 6.07) is 10.5. The summed E-state index contributed by atoms with van der Waals surface area (Å²) in [4.78, 5) is 4.58. The van der Waals surface area contributed by atoms with Gasteiger partial charge < -0.3 is 8.98 Å². The van der Waals surface area contributed by atoms with E-state index in [1.807, 2.05) is 30.3 Å². The summed E-state index contributed by atoms with van der Waals surface area (Å²) in [5.74, 6) is 2.88. The Morgan fingerprint density at radius 2 is 2.00 bits per heavy atom. The molecule has 4 rings (SSSR count). The molecule has 0 spiro atoms. The topological polar surface area (TPSA) is 56.7 Å². The van der Waals surface area contributed by atoms with Gasteiger partial charge in [0.05, 0.1) is 5.69 Å². The molecular formula is C18H20N4OS. The van der Waals surface area contributed by atoms with E-state index >= 15 is 0 Å². The minimum atomic E-state index is 0.393. The number of thioether (sulfide) groups is 1. The molecule has 1 aromatic carbocycles. The summed E-state index contributed by atoms with van der Waals surface area (Å²) in [6.45, 7) is 4.34. The Morgan fingerprint density at radius 1 is 1.21 bits per heavy atom. The molecule has 0 atom stereocenters. The van der Waals surface area contributed by atoms with Crippen molar-refractivity contribution >= 4 is 11.8 Å². The molecule has 3 aromatic rings. The minimum absolute atomic E-state index is 0.393. The van der Waals surface area contributed by atoms with Crippen LogP contribution in [0.5, 0.6) is 0 Å². The summed E-state index contributed by atoms with van der Waals surface area (Å²) in [5.41, 5.74) is 1.92. The van der Waals surface area contributed by atoms with Crippen molar-refractivity contribution in [1.82, 2.24) is 19.7 Å². The molecule has 1 aliphatic carbocycles. The number of benzene rings is 1. The molecule has 6 heteroatoms. The van der Waals surface area contributed by atoms with Gasteiger partial charge in [-0.25, -0.2) is 4.98 Å². The standard InChI is InChI=1S/C18H20N4OS/c1-12(2)16-20-21-18(22(16)15-8-9-15)24-11-14-10-23-17(19-14)13-6-4-3-5-7-13/h3-7,10,12,15H,8-9,11H2,1-2H3. The van der Waals surface area contributed by atoms with E-state index in [9.17, 15) is 0 Å². The van der Waals surface area contributed by atoms with E-state index in [4.69, 9.17) is 4.42 Å². The molecule has 1 saturated carbocycles. The van der Waals surface area contributed by atoms with Gasteiger partial charge in [0.15, 0.2) is 5.16 Å². The summed E-state index contributed by atoms with van der Waals surface area (Å²) in [7, 11) is 0. The lowest BCUT2D eigenvalue weighted by Crippen LogP contribution is -2.04. The van der Waals surface area contributed by atoms with Gasteiger partial charge in [0.1, 0.15) is 12.1 Å². The van der Waals surface area contributed by atoms with Crippen molar-refractivity contribution in [3.63, 3.8) is 0 Å². The van der Waals surface area contributed by atoms with E-state index < -0.39 is 0 Å². The van der Waals surface area contributed by atoms with E-state index in [0.717, 1.165) is 28.0 Å². The fraction of sp³-hybridized carbons (Fsp3) is 0.389. The number of aromatic nitrogens is 4. The lowest BCUT2D eigenvalue weighted by atomic mass is 10.2. The molecule has 1 aliphatic rings. The van der Waals surface area contributed by atoms with Gasteiger partial charge in [-0.1, -0.05) is 43.8 Å². The zero-order chi connectivity index (χ0) is 16.5. The maximum absolute atomic E-state index is 5.61. The molecule has 0 bridgehead atoms. The maximum atomic E-state index is 5.61. The molecule has 24 heavy (non-hydrogen) atoms. The lowest BCUT2D eigenvalue weighted by Gasteiger charge is -2.10. The Hall–Kier alpha value is -2.08. The van der Waals surface area contributed by atoms with E-state index in [2.05, 4.69) is 33.6 Å². The van der Waals surface area contributed by atoms with Crippen LogP contribution in [0.1, 0.15) is 50.2 Å². The Morgan fingerprint density at radius 3 is 2.71 bits per heavy atom. The van der Waals surface area contributed by atoms with Crippen molar-refractivity contribution in [2.24, 2.45) is 0 Å². The second kappa shape index (κ2) is 6.43. The second-order valence-electron chi connectivity index (χ2n) is 6.40. The Kier molecular flexibility index (Phi) is 4.14. The normalized spacial score (nSPS) is 14.5. The zero-order valence-corrected chi connectivity index (χ0v) is 14.7. The van der Waals surface area contributed by atoms with Gasteiger partial charge in [0.25, 0.3) is 0 Å². The number of nitrogens with zero attached hydrogens (tertiary/aromatic N) is 4. The predicted octanol–water partition coefficient (Wildman–Crippen LogP) is 4.68.